The van der Waals surface area contributed by atoms with Gasteiger partial charge >= 0.3 is 0 Å². The Balaban J connectivity index is 1.63. The second-order valence-corrected chi connectivity index (χ2v) is 6.69. The van der Waals surface area contributed by atoms with Crippen LogP contribution in [0.2, 0.25) is 0 Å². The summed E-state index contributed by atoms with van der Waals surface area (Å²) in [6.45, 7) is 0.980. The summed E-state index contributed by atoms with van der Waals surface area (Å²) >= 11 is 0. The molecule has 0 aromatic carbocycles. The molecule has 1 atom stereocenters. The number of rotatable bonds is 4. The Morgan fingerprint density at radius 1 is 1.00 bits per heavy atom. The summed E-state index contributed by atoms with van der Waals surface area (Å²) in [5.41, 5.74) is 0. The predicted molar refractivity (Wildman–Crippen MR) is 77.4 cm³/mol. The number of aromatic nitrogens is 4. The van der Waals surface area contributed by atoms with Crippen LogP contribution < -0.4 is 4.90 Å². The normalized spacial score (nSPS) is 23.9. The highest BCUT2D eigenvalue weighted by Crippen LogP contribution is 2.27. The molecule has 2 aliphatic rings. The van der Waals surface area contributed by atoms with Crippen molar-refractivity contribution in [2.45, 2.75) is 82.8 Å². The van der Waals surface area contributed by atoms with E-state index in [4.69, 9.17) is 0 Å². The van der Waals surface area contributed by atoms with Gasteiger partial charge in [0.2, 0.25) is 5.82 Å². The van der Waals surface area contributed by atoms with Crippen molar-refractivity contribution >= 4 is 0 Å². The SMILES string of the molecule is C[NH+](Cc1nnnn1C1CCCCC1)C1CCCCC1. The van der Waals surface area contributed by atoms with Crippen molar-refractivity contribution in [2.24, 2.45) is 0 Å². The van der Waals surface area contributed by atoms with Crippen LogP contribution in [-0.2, 0) is 6.54 Å². The predicted octanol–water partition coefficient (Wildman–Crippen LogP) is 1.53. The number of hydrogen-bond donors (Lipinski definition) is 1. The Labute approximate surface area is 121 Å². The van der Waals surface area contributed by atoms with E-state index in [1.54, 1.807) is 4.90 Å². The van der Waals surface area contributed by atoms with Crippen molar-refractivity contribution in [3.05, 3.63) is 5.82 Å². The quantitative estimate of drug-likeness (QED) is 0.908. The van der Waals surface area contributed by atoms with Crippen molar-refractivity contribution in [2.75, 3.05) is 7.05 Å². The largest absolute Gasteiger partial charge is 0.329 e. The number of hydrogen-bond acceptors (Lipinski definition) is 3. The average Bonchev–Trinajstić information content (AvgIpc) is 2.97. The van der Waals surface area contributed by atoms with Crippen molar-refractivity contribution in [1.82, 2.24) is 20.2 Å². The van der Waals surface area contributed by atoms with Gasteiger partial charge < -0.3 is 4.90 Å². The van der Waals surface area contributed by atoms with Gasteiger partial charge in [0.25, 0.3) is 0 Å². The topological polar surface area (TPSA) is 48.0 Å². The molecule has 2 saturated carbocycles. The minimum Gasteiger partial charge on any atom is -0.329 e. The zero-order chi connectivity index (χ0) is 13.8. The Hall–Kier alpha value is -0.970. The fourth-order valence-corrected chi connectivity index (χ4v) is 3.93. The zero-order valence-electron chi connectivity index (χ0n) is 12.7. The third-order valence-electron chi connectivity index (χ3n) is 5.22. The van der Waals surface area contributed by atoms with Gasteiger partial charge in [-0.25, -0.2) is 4.68 Å². The summed E-state index contributed by atoms with van der Waals surface area (Å²) in [5.74, 6) is 1.10. The molecule has 2 aliphatic carbocycles. The van der Waals surface area contributed by atoms with Crippen LogP contribution in [0.1, 0.15) is 76.1 Å². The molecule has 1 N–H and O–H groups in total. The summed E-state index contributed by atoms with van der Waals surface area (Å²) in [4.78, 5) is 1.59. The van der Waals surface area contributed by atoms with Gasteiger partial charge in [0.05, 0.1) is 19.1 Å². The van der Waals surface area contributed by atoms with Gasteiger partial charge in [-0.1, -0.05) is 25.7 Å². The monoisotopic (exact) mass is 278 g/mol. The Morgan fingerprint density at radius 2 is 1.65 bits per heavy atom. The summed E-state index contributed by atoms with van der Waals surface area (Å²) in [6, 6.07) is 1.35. The maximum absolute atomic E-state index is 4.31. The van der Waals surface area contributed by atoms with E-state index in [1.165, 1.54) is 64.2 Å². The number of nitrogens with one attached hydrogen (secondary N) is 1. The van der Waals surface area contributed by atoms with E-state index in [2.05, 4.69) is 27.3 Å². The van der Waals surface area contributed by atoms with Crippen molar-refractivity contribution in [1.29, 1.82) is 0 Å². The smallest absolute Gasteiger partial charge is 0.206 e. The molecule has 0 saturated heterocycles. The maximum atomic E-state index is 4.31. The van der Waals surface area contributed by atoms with E-state index in [9.17, 15) is 0 Å². The van der Waals surface area contributed by atoms with E-state index < -0.39 is 0 Å². The van der Waals surface area contributed by atoms with Gasteiger partial charge in [-0.3, -0.25) is 0 Å². The molecule has 5 nitrogen and oxygen atoms in total. The molecule has 0 radical (unpaired) electrons. The molecule has 1 heterocycles. The molecule has 0 aliphatic heterocycles. The summed E-state index contributed by atoms with van der Waals surface area (Å²) < 4.78 is 2.13. The highest BCUT2D eigenvalue weighted by Gasteiger charge is 2.26. The molecule has 1 aromatic rings. The number of tetrazole rings is 1. The van der Waals surface area contributed by atoms with Crippen LogP contribution in [0.15, 0.2) is 0 Å². The lowest BCUT2D eigenvalue weighted by molar-refractivity contribution is -0.921. The van der Waals surface area contributed by atoms with Gasteiger partial charge in [-0.05, 0) is 49.0 Å². The fourth-order valence-electron chi connectivity index (χ4n) is 3.93. The standard InChI is InChI=1S/C15H27N5/c1-19(13-8-4-2-5-9-13)12-15-16-17-18-20(15)14-10-6-3-7-11-14/h13-14H,2-12H2,1H3/p+1. The first-order valence-electron chi connectivity index (χ1n) is 8.43. The van der Waals surface area contributed by atoms with E-state index in [-0.39, 0.29) is 0 Å². The first-order chi connectivity index (χ1) is 9.84. The van der Waals surface area contributed by atoms with Gasteiger partial charge in [-0.2, -0.15) is 0 Å². The zero-order valence-corrected chi connectivity index (χ0v) is 12.7. The molecule has 112 valence electrons. The van der Waals surface area contributed by atoms with Crippen LogP contribution in [0.4, 0.5) is 0 Å². The minimum absolute atomic E-state index is 0.549. The summed E-state index contributed by atoms with van der Waals surface area (Å²) in [6.07, 6.45) is 13.5. The van der Waals surface area contributed by atoms with Crippen LogP contribution in [0.25, 0.3) is 0 Å². The third kappa shape index (κ3) is 3.19. The van der Waals surface area contributed by atoms with Gasteiger partial charge in [-0.15, -0.1) is 5.10 Å². The summed E-state index contributed by atoms with van der Waals surface area (Å²) in [7, 11) is 2.32. The maximum Gasteiger partial charge on any atom is 0.206 e. The first kappa shape index (κ1) is 14.0. The second-order valence-electron chi connectivity index (χ2n) is 6.69. The van der Waals surface area contributed by atoms with E-state index >= 15 is 0 Å². The minimum atomic E-state index is 0.549. The second kappa shape index (κ2) is 6.66. The van der Waals surface area contributed by atoms with Crippen LogP contribution >= 0.6 is 0 Å². The number of nitrogens with zero attached hydrogens (tertiary/aromatic N) is 4. The molecule has 20 heavy (non-hydrogen) atoms. The molecule has 2 fully saturated rings. The van der Waals surface area contributed by atoms with Crippen LogP contribution in [0.5, 0.6) is 0 Å². The van der Waals surface area contributed by atoms with Gasteiger partial charge in [0, 0.05) is 0 Å². The van der Waals surface area contributed by atoms with Crippen LogP contribution in [0, 0.1) is 0 Å². The lowest BCUT2D eigenvalue weighted by Gasteiger charge is -2.28. The lowest BCUT2D eigenvalue weighted by Crippen LogP contribution is -3.11. The average molecular weight is 278 g/mol. The highest BCUT2D eigenvalue weighted by atomic mass is 15.6. The van der Waals surface area contributed by atoms with Crippen molar-refractivity contribution in [3.63, 3.8) is 0 Å². The molecule has 0 spiro atoms. The van der Waals surface area contributed by atoms with E-state index in [0.717, 1.165) is 18.4 Å². The van der Waals surface area contributed by atoms with E-state index in [1.807, 2.05) is 0 Å². The highest BCUT2D eigenvalue weighted by molar-refractivity contribution is 4.83. The van der Waals surface area contributed by atoms with Crippen LogP contribution in [0.3, 0.4) is 0 Å². The van der Waals surface area contributed by atoms with E-state index in [0.29, 0.717) is 6.04 Å². The molecule has 1 unspecified atom stereocenters. The fraction of sp³-hybridized carbons (Fsp3) is 0.933. The molecule has 1 aromatic heterocycles. The molecular formula is C15H28N5+. The Kier molecular flexibility index (Phi) is 4.65. The van der Waals surface area contributed by atoms with Gasteiger partial charge in [0.1, 0.15) is 6.54 Å². The molecule has 0 bridgehead atoms. The van der Waals surface area contributed by atoms with Gasteiger partial charge in [0.15, 0.2) is 0 Å². The molecular weight excluding hydrogens is 250 g/mol. The molecule has 3 rings (SSSR count). The van der Waals surface area contributed by atoms with Crippen LogP contribution in [-0.4, -0.2) is 33.3 Å². The van der Waals surface area contributed by atoms with Crippen molar-refractivity contribution < 1.29 is 4.90 Å². The Bertz CT molecular complexity index is 404. The Morgan fingerprint density at radius 3 is 2.35 bits per heavy atom. The third-order valence-corrected chi connectivity index (χ3v) is 5.22. The molecule has 5 heteroatoms. The lowest BCUT2D eigenvalue weighted by atomic mass is 9.94. The summed E-state index contributed by atoms with van der Waals surface area (Å²) in [5, 5.41) is 12.5. The van der Waals surface area contributed by atoms with Crippen molar-refractivity contribution in [3.8, 4) is 0 Å². The molecule has 0 amide bonds. The first-order valence-corrected chi connectivity index (χ1v) is 8.43. The number of quaternary nitrogens is 1.